The molecule has 0 saturated carbocycles. The molecule has 9 heteroatoms. The Bertz CT molecular complexity index is 626. The Morgan fingerprint density at radius 1 is 1.17 bits per heavy atom. The van der Waals surface area contributed by atoms with Crippen molar-refractivity contribution in [2.24, 2.45) is 5.92 Å². The summed E-state index contributed by atoms with van der Waals surface area (Å²) in [5.41, 5.74) is -1.04. The third kappa shape index (κ3) is 4.49. The van der Waals surface area contributed by atoms with Crippen LogP contribution in [0.2, 0.25) is 5.02 Å². The number of Topliss-reactive ketones (excluding diaryl/α,β-unsaturated/α-hetero) is 1. The van der Waals surface area contributed by atoms with Gasteiger partial charge in [0.2, 0.25) is 5.92 Å². The van der Waals surface area contributed by atoms with Crippen LogP contribution in [0.3, 0.4) is 0 Å². The van der Waals surface area contributed by atoms with E-state index in [4.69, 9.17) is 11.6 Å². The Hall–Kier alpha value is -2.48. The monoisotopic (exact) mass is 343 g/mol. The number of esters is 2. The number of ether oxygens (including phenoxy) is 2. The Morgan fingerprint density at radius 2 is 1.70 bits per heavy atom. The third-order valence-corrected chi connectivity index (χ3v) is 2.96. The lowest BCUT2D eigenvalue weighted by atomic mass is 9.96. The topological polar surface area (TPSA) is 113 Å². The van der Waals surface area contributed by atoms with Crippen LogP contribution in [0, 0.1) is 16.0 Å². The van der Waals surface area contributed by atoms with E-state index in [0.717, 1.165) is 12.1 Å². The van der Waals surface area contributed by atoms with Crippen LogP contribution in [-0.4, -0.2) is 35.9 Å². The Labute approximate surface area is 136 Å². The van der Waals surface area contributed by atoms with Crippen molar-refractivity contribution in [1.82, 2.24) is 0 Å². The van der Waals surface area contributed by atoms with Gasteiger partial charge in [0.25, 0.3) is 5.69 Å². The van der Waals surface area contributed by atoms with Crippen LogP contribution in [0.25, 0.3) is 0 Å². The first kappa shape index (κ1) is 18.6. The number of carbonyl (C=O) groups excluding carboxylic acids is 3. The van der Waals surface area contributed by atoms with Gasteiger partial charge in [-0.2, -0.15) is 0 Å². The van der Waals surface area contributed by atoms with Crippen LogP contribution in [0.4, 0.5) is 5.69 Å². The first-order valence-corrected chi connectivity index (χ1v) is 7.02. The Balaban J connectivity index is 3.32. The molecule has 0 aliphatic rings. The van der Waals surface area contributed by atoms with Gasteiger partial charge in [0.15, 0.2) is 5.78 Å². The van der Waals surface area contributed by atoms with E-state index >= 15 is 0 Å². The molecule has 0 aliphatic carbocycles. The highest BCUT2D eigenvalue weighted by molar-refractivity contribution is 6.31. The molecule has 0 aromatic heterocycles. The van der Waals surface area contributed by atoms with Gasteiger partial charge >= 0.3 is 11.9 Å². The molecule has 0 spiro atoms. The second kappa shape index (κ2) is 8.23. The molecule has 1 aromatic rings. The number of ketones is 1. The summed E-state index contributed by atoms with van der Waals surface area (Å²) in [5.74, 6) is -5.25. The minimum Gasteiger partial charge on any atom is -0.465 e. The first-order chi connectivity index (χ1) is 10.8. The summed E-state index contributed by atoms with van der Waals surface area (Å²) in [5, 5.41) is 11.1. The fourth-order valence-electron chi connectivity index (χ4n) is 1.78. The molecule has 0 amide bonds. The minimum atomic E-state index is -1.92. The van der Waals surface area contributed by atoms with Crippen molar-refractivity contribution >= 4 is 35.0 Å². The molecule has 8 nitrogen and oxygen atoms in total. The van der Waals surface area contributed by atoms with Gasteiger partial charge in [-0.3, -0.25) is 24.5 Å². The zero-order valence-corrected chi connectivity index (χ0v) is 13.2. The van der Waals surface area contributed by atoms with E-state index in [1.807, 2.05) is 0 Å². The number of hydrogen-bond acceptors (Lipinski definition) is 7. The molecule has 0 atom stereocenters. The predicted octanol–water partition coefficient (Wildman–Crippen LogP) is 2.17. The maximum atomic E-state index is 12.5. The molecule has 0 unspecified atom stereocenters. The third-order valence-electron chi connectivity index (χ3n) is 2.73. The highest BCUT2D eigenvalue weighted by Crippen LogP contribution is 2.26. The quantitative estimate of drug-likeness (QED) is 0.245. The van der Waals surface area contributed by atoms with Crippen LogP contribution in [-0.2, 0) is 19.1 Å². The van der Waals surface area contributed by atoms with E-state index in [-0.39, 0.29) is 18.2 Å². The molecule has 0 N–H and O–H groups in total. The number of nitrogens with zero attached hydrogens (tertiary/aromatic N) is 1. The number of nitro groups is 1. The molecule has 0 heterocycles. The molecule has 1 rings (SSSR count). The van der Waals surface area contributed by atoms with Gasteiger partial charge in [-0.15, -0.1) is 0 Å². The summed E-state index contributed by atoms with van der Waals surface area (Å²) in [6, 6.07) is 3.28. The fraction of sp³-hybridized carbons (Fsp3) is 0.357. The highest BCUT2D eigenvalue weighted by Gasteiger charge is 2.40. The van der Waals surface area contributed by atoms with Crippen molar-refractivity contribution in [3.63, 3.8) is 0 Å². The molecular weight excluding hydrogens is 330 g/mol. The van der Waals surface area contributed by atoms with Gasteiger partial charge in [0.05, 0.1) is 23.7 Å². The minimum absolute atomic E-state index is 0.0390. The van der Waals surface area contributed by atoms with E-state index in [2.05, 4.69) is 9.47 Å². The number of halogens is 1. The number of rotatable bonds is 7. The van der Waals surface area contributed by atoms with Crippen LogP contribution >= 0.6 is 11.6 Å². The molecule has 0 saturated heterocycles. The lowest BCUT2D eigenvalue weighted by molar-refractivity contribution is -0.385. The van der Waals surface area contributed by atoms with Crippen molar-refractivity contribution < 1.29 is 28.8 Å². The highest BCUT2D eigenvalue weighted by atomic mass is 35.5. The number of nitro benzene ring substituents is 1. The Morgan fingerprint density at radius 3 is 2.13 bits per heavy atom. The zero-order chi connectivity index (χ0) is 17.6. The van der Waals surface area contributed by atoms with Crippen molar-refractivity contribution in [3.05, 3.63) is 38.9 Å². The standard InChI is InChI=1S/C14H14ClNO7/c1-3-22-13(18)11(14(19)23-4-2)12(17)9-6-5-8(15)7-10(9)16(20)21/h5-7,11H,3-4H2,1-2H3. The van der Waals surface area contributed by atoms with Crippen LogP contribution in [0.5, 0.6) is 0 Å². The average molecular weight is 344 g/mol. The fourth-order valence-corrected chi connectivity index (χ4v) is 1.95. The molecule has 0 fully saturated rings. The summed E-state index contributed by atoms with van der Waals surface area (Å²) >= 11 is 5.67. The maximum absolute atomic E-state index is 12.5. The second-order valence-electron chi connectivity index (χ2n) is 4.22. The number of carbonyl (C=O) groups is 3. The normalized spacial score (nSPS) is 10.3. The summed E-state index contributed by atoms with van der Waals surface area (Å²) in [6.45, 7) is 2.86. The van der Waals surface area contributed by atoms with Crippen LogP contribution in [0.15, 0.2) is 18.2 Å². The van der Waals surface area contributed by atoms with Crippen molar-refractivity contribution in [3.8, 4) is 0 Å². The maximum Gasteiger partial charge on any atom is 0.328 e. The first-order valence-electron chi connectivity index (χ1n) is 6.64. The van der Waals surface area contributed by atoms with Gasteiger partial charge in [0.1, 0.15) is 0 Å². The van der Waals surface area contributed by atoms with E-state index in [1.165, 1.54) is 19.9 Å². The van der Waals surface area contributed by atoms with Gasteiger partial charge < -0.3 is 9.47 Å². The van der Waals surface area contributed by atoms with E-state index < -0.39 is 39.8 Å². The molecule has 0 bridgehead atoms. The summed E-state index contributed by atoms with van der Waals surface area (Å²) in [7, 11) is 0. The van der Waals surface area contributed by atoms with Gasteiger partial charge in [-0.05, 0) is 26.0 Å². The number of hydrogen-bond donors (Lipinski definition) is 0. The van der Waals surface area contributed by atoms with E-state index in [1.54, 1.807) is 0 Å². The molecule has 0 aliphatic heterocycles. The summed E-state index contributed by atoms with van der Waals surface area (Å²) in [4.78, 5) is 46.5. The van der Waals surface area contributed by atoms with Crippen molar-refractivity contribution in [1.29, 1.82) is 0 Å². The molecule has 0 radical (unpaired) electrons. The summed E-state index contributed by atoms with van der Waals surface area (Å²) < 4.78 is 9.36. The van der Waals surface area contributed by atoms with Crippen molar-refractivity contribution in [2.75, 3.05) is 13.2 Å². The lowest BCUT2D eigenvalue weighted by Gasteiger charge is -2.13. The largest absolute Gasteiger partial charge is 0.465 e. The molecule has 1 aromatic carbocycles. The van der Waals surface area contributed by atoms with E-state index in [9.17, 15) is 24.5 Å². The number of benzene rings is 1. The molecule has 23 heavy (non-hydrogen) atoms. The van der Waals surface area contributed by atoms with Crippen molar-refractivity contribution in [2.45, 2.75) is 13.8 Å². The van der Waals surface area contributed by atoms with Crippen LogP contribution < -0.4 is 0 Å². The summed E-state index contributed by atoms with van der Waals surface area (Å²) in [6.07, 6.45) is 0. The van der Waals surface area contributed by atoms with Crippen LogP contribution in [0.1, 0.15) is 24.2 Å². The van der Waals surface area contributed by atoms with Gasteiger partial charge in [-0.25, -0.2) is 0 Å². The second-order valence-corrected chi connectivity index (χ2v) is 4.66. The predicted molar refractivity (Wildman–Crippen MR) is 79.2 cm³/mol. The Kier molecular flexibility index (Phi) is 6.65. The molecular formula is C14H14ClNO7. The van der Waals surface area contributed by atoms with E-state index in [0.29, 0.717) is 0 Å². The zero-order valence-electron chi connectivity index (χ0n) is 12.4. The van der Waals surface area contributed by atoms with Gasteiger partial charge in [0, 0.05) is 11.1 Å². The smallest absolute Gasteiger partial charge is 0.328 e. The average Bonchev–Trinajstić information content (AvgIpc) is 2.47. The SMILES string of the molecule is CCOC(=O)C(C(=O)OCC)C(=O)c1ccc(Cl)cc1[N+](=O)[O-]. The molecule has 124 valence electrons. The lowest BCUT2D eigenvalue weighted by Crippen LogP contribution is -2.35. The van der Waals surface area contributed by atoms with Gasteiger partial charge in [-0.1, -0.05) is 11.6 Å².